The lowest BCUT2D eigenvalue weighted by molar-refractivity contribution is 0.0950. The van der Waals surface area contributed by atoms with E-state index in [1.165, 1.54) is 6.42 Å². The second-order valence-corrected chi connectivity index (χ2v) is 5.49. The molecule has 1 aliphatic rings. The first-order chi connectivity index (χ1) is 9.61. The Labute approximate surface area is 120 Å². The molecule has 0 spiro atoms. The average Bonchev–Trinajstić information content (AvgIpc) is 3.14. The number of aliphatic hydroxyl groups is 1. The van der Waals surface area contributed by atoms with Crippen LogP contribution in [0.5, 0.6) is 0 Å². The Balaban J connectivity index is 2.03. The zero-order valence-corrected chi connectivity index (χ0v) is 12.1. The van der Waals surface area contributed by atoms with E-state index >= 15 is 0 Å². The van der Waals surface area contributed by atoms with Gasteiger partial charge in [0.15, 0.2) is 0 Å². The minimum absolute atomic E-state index is 0.0209. The highest BCUT2D eigenvalue weighted by Gasteiger charge is 2.32. The molecule has 2 unspecified atom stereocenters. The molecule has 3 heteroatoms. The molecule has 0 aliphatic heterocycles. The van der Waals surface area contributed by atoms with Crippen molar-refractivity contribution in [2.75, 3.05) is 13.2 Å². The number of benzene rings is 1. The lowest BCUT2D eigenvalue weighted by atomic mass is 10.0. The standard InChI is InChI=1S/C17H21NO2/c1-12-6-7-14(5-3-4-8-19)10-16(12)17(20)18-11-15-9-13(15)2/h6-7,10,13,15,19H,4,8-9,11H2,1-2H3,(H,18,20). The number of carbonyl (C=O) groups excluding carboxylic acids is 1. The molecule has 1 aromatic rings. The number of rotatable bonds is 4. The molecule has 2 atom stereocenters. The van der Waals surface area contributed by atoms with Crippen LogP contribution in [0.1, 0.15) is 41.3 Å². The van der Waals surface area contributed by atoms with Crippen LogP contribution >= 0.6 is 0 Å². The van der Waals surface area contributed by atoms with Gasteiger partial charge >= 0.3 is 0 Å². The van der Waals surface area contributed by atoms with Crippen molar-refractivity contribution in [2.24, 2.45) is 11.8 Å². The fraction of sp³-hybridized carbons (Fsp3) is 0.471. The number of aryl methyl sites for hydroxylation is 1. The highest BCUT2D eigenvalue weighted by molar-refractivity contribution is 5.96. The van der Waals surface area contributed by atoms with Crippen LogP contribution in [0, 0.1) is 30.6 Å². The summed E-state index contributed by atoms with van der Waals surface area (Å²) in [7, 11) is 0. The molecule has 1 aliphatic carbocycles. The molecule has 1 fully saturated rings. The van der Waals surface area contributed by atoms with Crippen LogP contribution < -0.4 is 5.32 Å². The molecular weight excluding hydrogens is 250 g/mol. The Hall–Kier alpha value is -1.79. The predicted molar refractivity (Wildman–Crippen MR) is 79.4 cm³/mol. The largest absolute Gasteiger partial charge is 0.395 e. The Morgan fingerprint density at radius 2 is 2.25 bits per heavy atom. The summed E-state index contributed by atoms with van der Waals surface area (Å²) in [4.78, 5) is 12.2. The first-order valence-corrected chi connectivity index (χ1v) is 7.10. The van der Waals surface area contributed by atoms with Gasteiger partial charge in [-0.3, -0.25) is 4.79 Å². The molecule has 0 bridgehead atoms. The summed E-state index contributed by atoms with van der Waals surface area (Å²) in [6, 6.07) is 5.64. The van der Waals surface area contributed by atoms with Gasteiger partial charge in [0.05, 0.1) is 6.61 Å². The van der Waals surface area contributed by atoms with Crippen LogP contribution in [0.4, 0.5) is 0 Å². The molecule has 2 rings (SSSR count). The molecule has 0 saturated heterocycles. The van der Waals surface area contributed by atoms with Gasteiger partial charge in [-0.25, -0.2) is 0 Å². The lowest BCUT2D eigenvalue weighted by Crippen LogP contribution is -2.26. The van der Waals surface area contributed by atoms with Crippen LogP contribution in [0.3, 0.4) is 0 Å². The minimum Gasteiger partial charge on any atom is -0.395 e. The van der Waals surface area contributed by atoms with Crippen LogP contribution in [0.2, 0.25) is 0 Å². The highest BCUT2D eigenvalue weighted by Crippen LogP contribution is 2.36. The summed E-state index contributed by atoms with van der Waals surface area (Å²) < 4.78 is 0. The third-order valence-electron chi connectivity index (χ3n) is 3.75. The van der Waals surface area contributed by atoms with E-state index < -0.39 is 0 Å². The van der Waals surface area contributed by atoms with Crippen molar-refractivity contribution in [1.29, 1.82) is 0 Å². The molecule has 1 saturated carbocycles. The topological polar surface area (TPSA) is 49.3 Å². The fourth-order valence-electron chi connectivity index (χ4n) is 2.17. The van der Waals surface area contributed by atoms with Gasteiger partial charge in [0.2, 0.25) is 0 Å². The maximum atomic E-state index is 12.2. The van der Waals surface area contributed by atoms with E-state index in [0.717, 1.165) is 23.6 Å². The van der Waals surface area contributed by atoms with Gasteiger partial charge in [0.25, 0.3) is 5.91 Å². The summed E-state index contributed by atoms with van der Waals surface area (Å²) >= 11 is 0. The van der Waals surface area contributed by atoms with Crippen LogP contribution in [0.15, 0.2) is 18.2 Å². The van der Waals surface area contributed by atoms with Crippen molar-refractivity contribution >= 4 is 5.91 Å². The molecule has 0 aromatic heterocycles. The van der Waals surface area contributed by atoms with Gasteiger partial charge in [-0.05, 0) is 42.9 Å². The van der Waals surface area contributed by atoms with Crippen molar-refractivity contribution in [3.63, 3.8) is 0 Å². The second-order valence-electron chi connectivity index (χ2n) is 5.49. The number of carbonyl (C=O) groups is 1. The van der Waals surface area contributed by atoms with Crippen molar-refractivity contribution in [1.82, 2.24) is 5.32 Å². The summed E-state index contributed by atoms with van der Waals surface area (Å²) in [6.07, 6.45) is 1.67. The predicted octanol–water partition coefficient (Wildman–Crippen LogP) is 2.11. The normalized spacial score (nSPS) is 19.9. The zero-order chi connectivity index (χ0) is 14.5. The second kappa shape index (κ2) is 6.58. The average molecular weight is 271 g/mol. The smallest absolute Gasteiger partial charge is 0.251 e. The van der Waals surface area contributed by atoms with Gasteiger partial charge in [-0.15, -0.1) is 0 Å². The summed E-state index contributed by atoms with van der Waals surface area (Å²) in [5, 5.41) is 11.7. The van der Waals surface area contributed by atoms with Crippen molar-refractivity contribution in [2.45, 2.75) is 26.7 Å². The Morgan fingerprint density at radius 1 is 1.50 bits per heavy atom. The molecule has 0 radical (unpaired) electrons. The molecule has 0 heterocycles. The number of hydrogen-bond donors (Lipinski definition) is 2. The van der Waals surface area contributed by atoms with Gasteiger partial charge in [0.1, 0.15) is 0 Å². The van der Waals surface area contributed by atoms with Gasteiger partial charge in [-0.1, -0.05) is 24.8 Å². The lowest BCUT2D eigenvalue weighted by Gasteiger charge is -2.08. The third kappa shape index (κ3) is 3.85. The zero-order valence-electron chi connectivity index (χ0n) is 12.1. The summed E-state index contributed by atoms with van der Waals surface area (Å²) in [6.45, 7) is 4.96. The molecule has 2 N–H and O–H groups in total. The fourth-order valence-corrected chi connectivity index (χ4v) is 2.17. The van der Waals surface area contributed by atoms with E-state index in [4.69, 9.17) is 5.11 Å². The van der Waals surface area contributed by atoms with Gasteiger partial charge in [0, 0.05) is 24.1 Å². The van der Waals surface area contributed by atoms with E-state index in [0.29, 0.717) is 17.9 Å². The van der Waals surface area contributed by atoms with Crippen molar-refractivity contribution < 1.29 is 9.90 Å². The molecule has 20 heavy (non-hydrogen) atoms. The number of nitrogens with one attached hydrogen (secondary N) is 1. The first kappa shape index (κ1) is 14.6. The summed E-state index contributed by atoms with van der Waals surface area (Å²) in [5.41, 5.74) is 2.46. The first-order valence-electron chi connectivity index (χ1n) is 7.10. The van der Waals surface area contributed by atoms with Crippen molar-refractivity contribution in [3.8, 4) is 11.8 Å². The molecule has 106 valence electrons. The van der Waals surface area contributed by atoms with E-state index in [-0.39, 0.29) is 12.5 Å². The van der Waals surface area contributed by atoms with Gasteiger partial charge in [-0.2, -0.15) is 0 Å². The quantitative estimate of drug-likeness (QED) is 0.824. The Bertz CT molecular complexity index is 554. The number of amides is 1. The number of aliphatic hydroxyl groups excluding tert-OH is 1. The van der Waals surface area contributed by atoms with E-state index in [9.17, 15) is 4.79 Å². The van der Waals surface area contributed by atoms with E-state index in [1.54, 1.807) is 0 Å². The van der Waals surface area contributed by atoms with Crippen LogP contribution in [-0.4, -0.2) is 24.2 Å². The SMILES string of the molecule is Cc1ccc(C#CCCO)cc1C(=O)NCC1CC1C. The van der Waals surface area contributed by atoms with E-state index in [1.807, 2.05) is 25.1 Å². The monoisotopic (exact) mass is 271 g/mol. The molecule has 3 nitrogen and oxygen atoms in total. The van der Waals surface area contributed by atoms with Gasteiger partial charge < -0.3 is 10.4 Å². The highest BCUT2D eigenvalue weighted by atomic mass is 16.2. The molecular formula is C17H21NO2. The summed E-state index contributed by atoms with van der Waals surface area (Å²) in [5.74, 6) is 7.20. The van der Waals surface area contributed by atoms with Crippen LogP contribution in [0.25, 0.3) is 0 Å². The number of hydrogen-bond acceptors (Lipinski definition) is 2. The minimum atomic E-state index is -0.0209. The Kier molecular flexibility index (Phi) is 4.81. The maximum Gasteiger partial charge on any atom is 0.251 e. The molecule has 1 aromatic carbocycles. The van der Waals surface area contributed by atoms with E-state index in [2.05, 4.69) is 24.1 Å². The Morgan fingerprint density at radius 3 is 2.90 bits per heavy atom. The van der Waals surface area contributed by atoms with Crippen molar-refractivity contribution in [3.05, 3.63) is 34.9 Å². The van der Waals surface area contributed by atoms with Crippen LogP contribution in [-0.2, 0) is 0 Å². The third-order valence-corrected chi connectivity index (χ3v) is 3.75. The molecule has 1 amide bonds. The maximum absolute atomic E-state index is 12.2.